The molecular formula is C14H12Br2O2. The van der Waals surface area contributed by atoms with E-state index in [0.29, 0.717) is 8.95 Å². The van der Waals surface area contributed by atoms with Crippen molar-refractivity contribution in [3.05, 3.63) is 56.5 Å². The summed E-state index contributed by atoms with van der Waals surface area (Å²) in [6.07, 6.45) is 1.77. The zero-order chi connectivity index (χ0) is 13.1. The lowest BCUT2D eigenvalue weighted by Gasteiger charge is -2.05. The summed E-state index contributed by atoms with van der Waals surface area (Å²) in [4.78, 5) is 0. The normalized spacial score (nSPS) is 10.6. The van der Waals surface area contributed by atoms with Gasteiger partial charge < -0.3 is 10.2 Å². The average Bonchev–Trinajstić information content (AvgIpc) is 2.35. The molecule has 2 nitrogen and oxygen atoms in total. The van der Waals surface area contributed by atoms with Crippen LogP contribution in [0.15, 0.2) is 45.3 Å². The second kappa shape index (κ2) is 5.76. The van der Waals surface area contributed by atoms with Crippen molar-refractivity contribution in [2.45, 2.75) is 12.8 Å². The molecule has 0 heterocycles. The summed E-state index contributed by atoms with van der Waals surface area (Å²) < 4.78 is 1.43. The van der Waals surface area contributed by atoms with Crippen LogP contribution in [-0.2, 0) is 12.8 Å². The molecule has 0 spiro atoms. The molecule has 2 aromatic rings. The number of aryl methyl sites for hydroxylation is 2. The Bertz CT molecular complexity index is 516. The maximum Gasteiger partial charge on any atom is 0.129 e. The van der Waals surface area contributed by atoms with Crippen LogP contribution in [0, 0.1) is 0 Å². The molecule has 0 atom stereocenters. The Hall–Kier alpha value is -1.00. The Kier molecular flexibility index (Phi) is 4.30. The van der Waals surface area contributed by atoms with Gasteiger partial charge in [0.2, 0.25) is 0 Å². The van der Waals surface area contributed by atoms with Crippen molar-refractivity contribution in [3.63, 3.8) is 0 Å². The molecule has 0 aliphatic heterocycles. The Morgan fingerprint density at radius 2 is 1.11 bits per heavy atom. The van der Waals surface area contributed by atoms with E-state index in [1.165, 1.54) is 0 Å². The molecule has 0 unspecified atom stereocenters. The van der Waals surface area contributed by atoms with Crippen LogP contribution < -0.4 is 0 Å². The summed E-state index contributed by atoms with van der Waals surface area (Å²) in [5, 5.41) is 18.8. The zero-order valence-corrected chi connectivity index (χ0v) is 12.7. The summed E-state index contributed by atoms with van der Waals surface area (Å²) in [6, 6.07) is 11.0. The summed E-state index contributed by atoms with van der Waals surface area (Å²) in [6.45, 7) is 0. The van der Waals surface area contributed by atoms with E-state index in [-0.39, 0.29) is 11.5 Å². The lowest BCUT2D eigenvalue weighted by Crippen LogP contribution is -1.91. The van der Waals surface area contributed by atoms with E-state index in [4.69, 9.17) is 0 Å². The maximum atomic E-state index is 9.42. The van der Waals surface area contributed by atoms with Gasteiger partial charge in [-0.25, -0.2) is 0 Å². The van der Waals surface area contributed by atoms with E-state index in [2.05, 4.69) is 31.9 Å². The van der Waals surface area contributed by atoms with Gasteiger partial charge in [0.1, 0.15) is 11.5 Å². The van der Waals surface area contributed by atoms with E-state index < -0.39 is 0 Å². The van der Waals surface area contributed by atoms with Crippen LogP contribution in [0.25, 0.3) is 0 Å². The van der Waals surface area contributed by atoms with Gasteiger partial charge in [-0.05, 0) is 80.1 Å². The first-order valence-corrected chi connectivity index (χ1v) is 7.09. The van der Waals surface area contributed by atoms with Gasteiger partial charge in [-0.3, -0.25) is 0 Å². The number of hydrogen-bond donors (Lipinski definition) is 2. The molecule has 18 heavy (non-hydrogen) atoms. The SMILES string of the molecule is Oc1ccc(CCc2ccc(O)c(Br)c2)cc1Br. The van der Waals surface area contributed by atoms with E-state index >= 15 is 0 Å². The topological polar surface area (TPSA) is 40.5 Å². The van der Waals surface area contributed by atoms with E-state index in [1.807, 2.05) is 24.3 Å². The molecule has 0 fully saturated rings. The summed E-state index contributed by atoms with van der Waals surface area (Å²) in [7, 11) is 0. The molecule has 0 saturated heterocycles. The molecule has 0 bridgehead atoms. The fourth-order valence-corrected chi connectivity index (χ4v) is 2.55. The van der Waals surface area contributed by atoms with Gasteiger partial charge in [0.15, 0.2) is 0 Å². The molecule has 2 aromatic carbocycles. The van der Waals surface area contributed by atoms with Crippen LogP contribution in [-0.4, -0.2) is 10.2 Å². The average molecular weight is 372 g/mol. The highest BCUT2D eigenvalue weighted by Gasteiger charge is 2.02. The summed E-state index contributed by atoms with van der Waals surface area (Å²) in [5.74, 6) is 0.511. The standard InChI is InChI=1S/C14H12Br2O2/c15-11-7-9(3-5-13(11)17)1-2-10-4-6-14(18)12(16)8-10/h3-8,17-18H,1-2H2. The smallest absolute Gasteiger partial charge is 0.129 e. The second-order valence-electron chi connectivity index (χ2n) is 4.07. The van der Waals surface area contributed by atoms with Gasteiger partial charge >= 0.3 is 0 Å². The Morgan fingerprint density at radius 1 is 0.722 bits per heavy atom. The third-order valence-corrected chi connectivity index (χ3v) is 4.00. The van der Waals surface area contributed by atoms with Crippen LogP contribution in [0.2, 0.25) is 0 Å². The van der Waals surface area contributed by atoms with Crippen LogP contribution in [0.3, 0.4) is 0 Å². The van der Waals surface area contributed by atoms with Crippen molar-refractivity contribution in [2.24, 2.45) is 0 Å². The predicted octanol–water partition coefficient (Wildman–Crippen LogP) is 4.41. The molecule has 4 heteroatoms. The van der Waals surface area contributed by atoms with Crippen molar-refractivity contribution in [2.75, 3.05) is 0 Å². The minimum absolute atomic E-state index is 0.256. The zero-order valence-electron chi connectivity index (χ0n) is 9.53. The van der Waals surface area contributed by atoms with Gasteiger partial charge in [-0.2, -0.15) is 0 Å². The molecule has 0 aromatic heterocycles. The quantitative estimate of drug-likeness (QED) is 0.838. The monoisotopic (exact) mass is 370 g/mol. The van der Waals surface area contributed by atoms with Crippen LogP contribution in [0.4, 0.5) is 0 Å². The number of phenolic OH excluding ortho intramolecular Hbond substituents is 2. The van der Waals surface area contributed by atoms with Crippen LogP contribution in [0.1, 0.15) is 11.1 Å². The van der Waals surface area contributed by atoms with Gasteiger partial charge in [0, 0.05) is 0 Å². The molecule has 2 rings (SSSR count). The second-order valence-corrected chi connectivity index (χ2v) is 5.78. The van der Waals surface area contributed by atoms with Crippen LogP contribution in [0.5, 0.6) is 11.5 Å². The Morgan fingerprint density at radius 3 is 1.44 bits per heavy atom. The number of hydrogen-bond acceptors (Lipinski definition) is 2. The molecule has 0 aliphatic carbocycles. The van der Waals surface area contributed by atoms with Crippen molar-refractivity contribution in [3.8, 4) is 11.5 Å². The van der Waals surface area contributed by atoms with Gasteiger partial charge in [-0.15, -0.1) is 0 Å². The molecular weight excluding hydrogens is 360 g/mol. The fourth-order valence-electron chi connectivity index (χ4n) is 1.70. The fraction of sp³-hybridized carbons (Fsp3) is 0.143. The third-order valence-electron chi connectivity index (χ3n) is 2.73. The lowest BCUT2D eigenvalue weighted by atomic mass is 10.0. The molecule has 0 saturated carbocycles. The highest BCUT2D eigenvalue weighted by Crippen LogP contribution is 2.27. The number of benzene rings is 2. The highest BCUT2D eigenvalue weighted by molar-refractivity contribution is 9.10. The largest absolute Gasteiger partial charge is 0.507 e. The van der Waals surface area contributed by atoms with E-state index in [9.17, 15) is 10.2 Å². The number of halogens is 2. The van der Waals surface area contributed by atoms with Crippen molar-refractivity contribution < 1.29 is 10.2 Å². The molecule has 94 valence electrons. The van der Waals surface area contributed by atoms with E-state index in [1.54, 1.807) is 12.1 Å². The predicted molar refractivity (Wildman–Crippen MR) is 79.0 cm³/mol. The molecule has 0 radical (unpaired) electrons. The van der Waals surface area contributed by atoms with Gasteiger partial charge in [0.05, 0.1) is 8.95 Å². The van der Waals surface area contributed by atoms with Crippen molar-refractivity contribution >= 4 is 31.9 Å². The maximum absolute atomic E-state index is 9.42. The minimum Gasteiger partial charge on any atom is -0.507 e. The molecule has 0 amide bonds. The highest BCUT2D eigenvalue weighted by atomic mass is 79.9. The number of rotatable bonds is 3. The first kappa shape index (κ1) is 13.4. The first-order valence-electron chi connectivity index (χ1n) is 5.51. The van der Waals surface area contributed by atoms with Gasteiger partial charge in [-0.1, -0.05) is 12.1 Å². The Balaban J connectivity index is 2.06. The first-order chi connectivity index (χ1) is 8.56. The number of aromatic hydroxyl groups is 2. The van der Waals surface area contributed by atoms with Gasteiger partial charge in [0.25, 0.3) is 0 Å². The van der Waals surface area contributed by atoms with Crippen molar-refractivity contribution in [1.82, 2.24) is 0 Å². The Labute approximate surface area is 123 Å². The molecule has 0 aliphatic rings. The minimum atomic E-state index is 0.256. The number of phenols is 2. The van der Waals surface area contributed by atoms with Crippen molar-refractivity contribution in [1.29, 1.82) is 0 Å². The lowest BCUT2D eigenvalue weighted by molar-refractivity contribution is 0.471. The molecule has 2 N–H and O–H groups in total. The summed E-state index contributed by atoms with van der Waals surface area (Å²) >= 11 is 6.61. The van der Waals surface area contributed by atoms with Crippen LogP contribution >= 0.6 is 31.9 Å². The summed E-state index contributed by atoms with van der Waals surface area (Å²) in [5.41, 5.74) is 2.31. The van der Waals surface area contributed by atoms with E-state index in [0.717, 1.165) is 24.0 Å². The third kappa shape index (κ3) is 3.27.